The maximum atomic E-state index is 11.7. The molecule has 5 heteroatoms. The molecule has 0 saturated heterocycles. The second-order valence-corrected chi connectivity index (χ2v) is 6.77. The maximum Gasteiger partial charge on any atom is 0.215 e. The van der Waals surface area contributed by atoms with E-state index >= 15 is 0 Å². The van der Waals surface area contributed by atoms with E-state index in [1.807, 2.05) is 18.2 Å². The molecule has 2 atom stereocenters. The van der Waals surface area contributed by atoms with Crippen molar-refractivity contribution >= 4 is 10.0 Å². The first-order valence-electron chi connectivity index (χ1n) is 6.21. The molecule has 0 aliphatic rings. The fraction of sp³-hybridized carbons (Fsp3) is 0.538. The maximum absolute atomic E-state index is 11.7. The van der Waals surface area contributed by atoms with Crippen LogP contribution in [0.15, 0.2) is 30.3 Å². The van der Waals surface area contributed by atoms with Gasteiger partial charge >= 0.3 is 0 Å². The van der Waals surface area contributed by atoms with Crippen molar-refractivity contribution in [1.82, 2.24) is 4.72 Å². The summed E-state index contributed by atoms with van der Waals surface area (Å²) in [5.41, 5.74) is 6.59. The van der Waals surface area contributed by atoms with Crippen molar-refractivity contribution in [2.75, 3.05) is 13.1 Å². The minimum Gasteiger partial charge on any atom is -0.329 e. The predicted molar refractivity (Wildman–Crippen MR) is 74.9 cm³/mol. The second-order valence-electron chi connectivity index (χ2n) is 4.59. The Bertz CT molecular complexity index is 445. The zero-order valence-electron chi connectivity index (χ0n) is 11.0. The van der Waals surface area contributed by atoms with Crippen LogP contribution < -0.4 is 10.5 Å². The molecule has 0 aliphatic carbocycles. The van der Waals surface area contributed by atoms with E-state index in [2.05, 4.69) is 23.8 Å². The number of rotatable bonds is 7. The van der Waals surface area contributed by atoms with Crippen LogP contribution in [0.5, 0.6) is 0 Å². The topological polar surface area (TPSA) is 72.2 Å². The van der Waals surface area contributed by atoms with Gasteiger partial charge in [0.25, 0.3) is 0 Å². The van der Waals surface area contributed by atoms with Crippen molar-refractivity contribution in [2.45, 2.75) is 31.4 Å². The highest BCUT2D eigenvalue weighted by atomic mass is 32.2. The van der Waals surface area contributed by atoms with Gasteiger partial charge in [-0.3, -0.25) is 0 Å². The molecule has 0 aliphatic heterocycles. The van der Waals surface area contributed by atoms with Crippen molar-refractivity contribution in [3.8, 4) is 0 Å². The first-order chi connectivity index (χ1) is 8.47. The van der Waals surface area contributed by atoms with Gasteiger partial charge in [-0.1, -0.05) is 37.3 Å². The van der Waals surface area contributed by atoms with E-state index in [9.17, 15) is 8.42 Å². The summed E-state index contributed by atoms with van der Waals surface area (Å²) in [5.74, 6) is 0.335. The van der Waals surface area contributed by atoms with E-state index in [0.29, 0.717) is 12.5 Å². The van der Waals surface area contributed by atoms with Gasteiger partial charge in [-0.05, 0) is 24.8 Å². The lowest BCUT2D eigenvalue weighted by atomic mass is 9.98. The molecule has 0 radical (unpaired) electrons. The normalized spacial score (nSPS) is 15.3. The molecule has 0 bridgehead atoms. The number of nitrogens with two attached hydrogens (primary N) is 1. The summed E-state index contributed by atoms with van der Waals surface area (Å²) in [6.07, 6.45) is 0.778. The Morgan fingerprint density at radius 1 is 1.22 bits per heavy atom. The van der Waals surface area contributed by atoms with Crippen molar-refractivity contribution in [1.29, 1.82) is 0 Å². The van der Waals surface area contributed by atoms with Crippen LogP contribution in [0.25, 0.3) is 0 Å². The quantitative estimate of drug-likeness (QED) is 0.787. The monoisotopic (exact) mass is 270 g/mol. The molecule has 0 heterocycles. The smallest absolute Gasteiger partial charge is 0.215 e. The number of sulfonamides is 1. The third-order valence-corrected chi connectivity index (χ3v) is 4.97. The van der Waals surface area contributed by atoms with E-state index in [0.717, 1.165) is 6.42 Å². The standard InChI is InChI=1S/C13H22N2O2S/c1-11(13-6-4-3-5-7-13)8-9-15-18(16,17)12(2)10-14/h3-7,11-12,15H,8-10,14H2,1-2H3. The molecule has 1 aromatic rings. The molecule has 4 nitrogen and oxygen atoms in total. The van der Waals surface area contributed by atoms with Crippen molar-refractivity contribution in [3.63, 3.8) is 0 Å². The average molecular weight is 270 g/mol. The van der Waals surface area contributed by atoms with Gasteiger partial charge in [0.05, 0.1) is 5.25 Å². The fourth-order valence-electron chi connectivity index (χ4n) is 1.63. The Balaban J connectivity index is 2.43. The van der Waals surface area contributed by atoms with E-state index in [1.54, 1.807) is 6.92 Å². The highest BCUT2D eigenvalue weighted by molar-refractivity contribution is 7.90. The lowest BCUT2D eigenvalue weighted by Gasteiger charge is -2.15. The Hall–Kier alpha value is -0.910. The number of benzene rings is 1. The first kappa shape index (κ1) is 15.1. The molecule has 1 aromatic carbocycles. The summed E-state index contributed by atoms with van der Waals surface area (Å²) in [6.45, 7) is 4.30. The fourth-order valence-corrected chi connectivity index (χ4v) is 2.58. The molecule has 0 amide bonds. The van der Waals surface area contributed by atoms with E-state index in [4.69, 9.17) is 5.73 Å². The summed E-state index contributed by atoms with van der Waals surface area (Å²) >= 11 is 0. The Morgan fingerprint density at radius 2 is 1.83 bits per heavy atom. The van der Waals surface area contributed by atoms with Crippen molar-refractivity contribution < 1.29 is 8.42 Å². The summed E-state index contributed by atoms with van der Waals surface area (Å²) in [5, 5.41) is -0.537. The van der Waals surface area contributed by atoms with Crippen LogP contribution in [0, 0.1) is 0 Å². The average Bonchev–Trinajstić information content (AvgIpc) is 2.38. The minimum absolute atomic E-state index is 0.142. The Morgan fingerprint density at radius 3 is 2.39 bits per heavy atom. The number of hydrogen-bond acceptors (Lipinski definition) is 3. The van der Waals surface area contributed by atoms with Crippen LogP contribution in [0.4, 0.5) is 0 Å². The van der Waals surface area contributed by atoms with Crippen LogP contribution in [-0.2, 0) is 10.0 Å². The third kappa shape index (κ3) is 4.40. The number of nitrogens with one attached hydrogen (secondary N) is 1. The molecule has 0 fully saturated rings. The molecule has 0 aromatic heterocycles. The van der Waals surface area contributed by atoms with Gasteiger partial charge < -0.3 is 5.73 Å². The molecule has 18 heavy (non-hydrogen) atoms. The van der Waals surface area contributed by atoms with E-state index in [1.165, 1.54) is 5.56 Å². The Labute approximate surface area is 110 Å². The van der Waals surface area contributed by atoms with Crippen LogP contribution >= 0.6 is 0 Å². The lowest BCUT2D eigenvalue weighted by molar-refractivity contribution is 0.561. The lowest BCUT2D eigenvalue weighted by Crippen LogP contribution is -2.37. The largest absolute Gasteiger partial charge is 0.329 e. The summed E-state index contributed by atoms with van der Waals surface area (Å²) < 4.78 is 26.0. The zero-order valence-corrected chi connectivity index (χ0v) is 11.8. The molecule has 1 rings (SSSR count). The Kier molecular flexibility index (Phi) is 5.78. The van der Waals surface area contributed by atoms with Crippen LogP contribution in [0.1, 0.15) is 31.7 Å². The molecule has 0 saturated carbocycles. The highest BCUT2D eigenvalue weighted by Crippen LogP contribution is 2.17. The molecular formula is C13H22N2O2S. The van der Waals surface area contributed by atoms with Crippen LogP contribution in [-0.4, -0.2) is 26.8 Å². The van der Waals surface area contributed by atoms with Gasteiger partial charge in [-0.2, -0.15) is 0 Å². The van der Waals surface area contributed by atoms with Crippen molar-refractivity contribution in [2.24, 2.45) is 5.73 Å². The van der Waals surface area contributed by atoms with Gasteiger partial charge in [-0.15, -0.1) is 0 Å². The van der Waals surface area contributed by atoms with Gasteiger partial charge in [0.1, 0.15) is 0 Å². The van der Waals surface area contributed by atoms with E-state index in [-0.39, 0.29) is 6.54 Å². The SMILES string of the molecule is CC(CCNS(=O)(=O)C(C)CN)c1ccccc1. The molecule has 102 valence electrons. The van der Waals surface area contributed by atoms with E-state index < -0.39 is 15.3 Å². The van der Waals surface area contributed by atoms with Gasteiger partial charge in [0.2, 0.25) is 10.0 Å². The highest BCUT2D eigenvalue weighted by Gasteiger charge is 2.18. The molecule has 3 N–H and O–H groups in total. The summed E-state index contributed by atoms with van der Waals surface area (Å²) in [6, 6.07) is 10.1. The summed E-state index contributed by atoms with van der Waals surface area (Å²) in [4.78, 5) is 0. The number of hydrogen-bond donors (Lipinski definition) is 2. The van der Waals surface area contributed by atoms with Gasteiger partial charge in [0, 0.05) is 13.1 Å². The molecular weight excluding hydrogens is 248 g/mol. The van der Waals surface area contributed by atoms with Crippen molar-refractivity contribution in [3.05, 3.63) is 35.9 Å². The van der Waals surface area contributed by atoms with Crippen LogP contribution in [0.2, 0.25) is 0 Å². The van der Waals surface area contributed by atoms with Gasteiger partial charge in [-0.25, -0.2) is 13.1 Å². The second kappa shape index (κ2) is 6.87. The van der Waals surface area contributed by atoms with Crippen LogP contribution in [0.3, 0.4) is 0 Å². The zero-order chi connectivity index (χ0) is 13.6. The molecule has 0 spiro atoms. The summed E-state index contributed by atoms with van der Waals surface area (Å²) in [7, 11) is -3.26. The minimum atomic E-state index is -3.26. The van der Waals surface area contributed by atoms with Gasteiger partial charge in [0.15, 0.2) is 0 Å². The predicted octanol–water partition coefficient (Wildman–Crippen LogP) is 1.45. The third-order valence-electron chi connectivity index (χ3n) is 3.11. The first-order valence-corrected chi connectivity index (χ1v) is 7.75. The molecule has 2 unspecified atom stereocenters.